The van der Waals surface area contributed by atoms with E-state index in [1.54, 1.807) is 0 Å². The first kappa shape index (κ1) is 13.1. The van der Waals surface area contributed by atoms with Gasteiger partial charge in [-0.15, -0.1) is 0 Å². The smallest absolute Gasteiger partial charge is 0.335 e. The summed E-state index contributed by atoms with van der Waals surface area (Å²) in [6, 6.07) is 3.23. The van der Waals surface area contributed by atoms with E-state index in [1.807, 2.05) is 0 Å². The number of fused-ring (bicyclic) bond motifs is 1. The van der Waals surface area contributed by atoms with Crippen molar-refractivity contribution in [1.29, 1.82) is 0 Å². The molecule has 0 aliphatic carbocycles. The van der Waals surface area contributed by atoms with Gasteiger partial charge in [0.25, 0.3) is 5.91 Å². The number of aromatic amines is 1. The van der Waals surface area contributed by atoms with Gasteiger partial charge in [0, 0.05) is 7.05 Å². The maximum absolute atomic E-state index is 12.0. The molecule has 1 unspecified atom stereocenters. The minimum absolute atomic E-state index is 0.0295. The first-order valence-electron chi connectivity index (χ1n) is 6.18. The number of carboxylic acids is 1. The number of imidazole rings is 1. The lowest BCUT2D eigenvalue weighted by atomic mass is 10.2. The molecule has 8 nitrogen and oxygen atoms in total. The number of hydrogen-bond acceptors (Lipinski definition) is 4. The van der Waals surface area contributed by atoms with E-state index < -0.39 is 23.6 Å². The topological polar surface area (TPSA) is 112 Å². The minimum atomic E-state index is -1.11. The number of nitrogens with one attached hydrogen (secondary N) is 1. The number of nitrogens with zero attached hydrogens (tertiary/aromatic N) is 2. The molecule has 3 rings (SSSR count). The zero-order chi connectivity index (χ0) is 15.3. The van der Waals surface area contributed by atoms with E-state index in [0.29, 0.717) is 11.0 Å². The van der Waals surface area contributed by atoms with E-state index in [-0.39, 0.29) is 17.9 Å². The first-order valence-corrected chi connectivity index (χ1v) is 6.18. The van der Waals surface area contributed by atoms with E-state index in [0.717, 1.165) is 4.90 Å². The molecule has 0 saturated carbocycles. The van der Waals surface area contributed by atoms with Gasteiger partial charge in [0.2, 0.25) is 5.91 Å². The second kappa shape index (κ2) is 4.30. The maximum Gasteiger partial charge on any atom is 0.335 e. The highest BCUT2D eigenvalue weighted by atomic mass is 16.4. The number of rotatable bonds is 2. The van der Waals surface area contributed by atoms with Crippen LogP contribution in [0.5, 0.6) is 0 Å². The number of aromatic nitrogens is 2. The summed E-state index contributed by atoms with van der Waals surface area (Å²) in [5, 5.41) is 8.94. The molecule has 1 aliphatic heterocycles. The van der Waals surface area contributed by atoms with Gasteiger partial charge < -0.3 is 10.1 Å². The van der Waals surface area contributed by atoms with Crippen molar-refractivity contribution >= 4 is 28.8 Å². The molecule has 2 heterocycles. The predicted octanol–water partition coefficient (Wildman–Crippen LogP) is -0.0424. The van der Waals surface area contributed by atoms with Gasteiger partial charge in [-0.2, -0.15) is 0 Å². The number of amides is 2. The third-order valence-electron chi connectivity index (χ3n) is 3.63. The lowest BCUT2D eigenvalue weighted by Gasteiger charge is -2.10. The Kier molecular flexibility index (Phi) is 2.68. The SMILES string of the molecule is CN1C(=O)CC(n2c(=O)[nH]c3cc(C(=O)O)ccc32)C1=O. The first-order chi connectivity index (χ1) is 9.90. The molecule has 1 atom stereocenters. The second-order valence-corrected chi connectivity index (χ2v) is 4.85. The van der Waals surface area contributed by atoms with Crippen molar-refractivity contribution in [1.82, 2.24) is 14.5 Å². The molecule has 2 amide bonds. The standard InChI is InChI=1S/C13H11N3O5/c1-15-10(17)5-9(11(15)18)16-8-3-2-6(12(19)20)4-7(8)14-13(16)21/h2-4,9H,5H2,1H3,(H,14,21)(H,19,20). The fourth-order valence-electron chi connectivity index (χ4n) is 2.51. The van der Waals surface area contributed by atoms with E-state index in [1.165, 1.54) is 29.8 Å². The fourth-order valence-corrected chi connectivity index (χ4v) is 2.51. The summed E-state index contributed by atoms with van der Waals surface area (Å²) in [4.78, 5) is 50.1. The van der Waals surface area contributed by atoms with E-state index in [9.17, 15) is 19.2 Å². The molecular weight excluding hydrogens is 278 g/mol. The Bertz CT molecular complexity index is 847. The highest BCUT2D eigenvalue weighted by Gasteiger charge is 2.38. The Hall–Kier alpha value is -2.90. The van der Waals surface area contributed by atoms with Crippen LogP contribution in [0.15, 0.2) is 23.0 Å². The third-order valence-corrected chi connectivity index (χ3v) is 3.63. The monoisotopic (exact) mass is 289 g/mol. The summed E-state index contributed by atoms with van der Waals surface area (Å²) in [6.45, 7) is 0. The van der Waals surface area contributed by atoms with E-state index in [4.69, 9.17) is 5.11 Å². The summed E-state index contributed by atoms with van der Waals surface area (Å²) in [5.74, 6) is -1.92. The van der Waals surface area contributed by atoms with Crippen LogP contribution in [0.4, 0.5) is 0 Å². The molecule has 2 N–H and O–H groups in total. The Morgan fingerprint density at radius 3 is 2.62 bits per heavy atom. The summed E-state index contributed by atoms with van der Waals surface area (Å²) >= 11 is 0. The van der Waals surface area contributed by atoms with Crippen LogP contribution in [0.3, 0.4) is 0 Å². The molecule has 0 bridgehead atoms. The molecule has 0 spiro atoms. The third kappa shape index (κ3) is 1.83. The summed E-state index contributed by atoms with van der Waals surface area (Å²) in [7, 11) is 1.37. The number of benzene rings is 1. The van der Waals surface area contributed by atoms with Crippen molar-refractivity contribution in [2.45, 2.75) is 12.5 Å². The summed E-state index contributed by atoms with van der Waals surface area (Å²) in [5.41, 5.74) is 0.192. The van der Waals surface area contributed by atoms with Crippen LogP contribution in [-0.2, 0) is 9.59 Å². The molecule has 0 radical (unpaired) electrons. The van der Waals surface area contributed by atoms with Crippen molar-refractivity contribution in [3.05, 3.63) is 34.2 Å². The van der Waals surface area contributed by atoms with Crippen LogP contribution >= 0.6 is 0 Å². The van der Waals surface area contributed by atoms with Gasteiger partial charge in [0.15, 0.2) is 0 Å². The number of carbonyl (C=O) groups excluding carboxylic acids is 2. The summed E-state index contributed by atoms with van der Waals surface area (Å²) < 4.78 is 1.20. The molecule has 1 aromatic carbocycles. The Balaban J connectivity index is 2.18. The molecule has 1 aliphatic rings. The Morgan fingerprint density at radius 2 is 2.05 bits per heavy atom. The van der Waals surface area contributed by atoms with Crippen LogP contribution in [-0.4, -0.2) is 44.4 Å². The number of H-pyrrole nitrogens is 1. The van der Waals surface area contributed by atoms with Crippen molar-refractivity contribution in [2.24, 2.45) is 0 Å². The molecule has 1 saturated heterocycles. The number of likely N-dealkylation sites (tertiary alicyclic amines) is 1. The van der Waals surface area contributed by atoms with Crippen LogP contribution in [0, 0.1) is 0 Å². The van der Waals surface area contributed by atoms with Crippen LogP contribution < -0.4 is 5.69 Å². The van der Waals surface area contributed by atoms with E-state index in [2.05, 4.69) is 4.98 Å². The number of carboxylic acid groups (broad SMARTS) is 1. The number of aromatic carboxylic acids is 1. The van der Waals surface area contributed by atoms with Crippen molar-refractivity contribution < 1.29 is 19.5 Å². The molecule has 1 fully saturated rings. The van der Waals surface area contributed by atoms with Crippen LogP contribution in [0.25, 0.3) is 11.0 Å². The fraction of sp³-hybridized carbons (Fsp3) is 0.231. The maximum atomic E-state index is 12.0. The number of imide groups is 1. The summed E-state index contributed by atoms with van der Waals surface area (Å²) in [6.07, 6.45) is -0.0805. The zero-order valence-electron chi connectivity index (χ0n) is 11.0. The van der Waals surface area contributed by atoms with Crippen LogP contribution in [0.2, 0.25) is 0 Å². The van der Waals surface area contributed by atoms with Gasteiger partial charge in [-0.1, -0.05) is 0 Å². The lowest BCUT2D eigenvalue weighted by Crippen LogP contribution is -2.30. The minimum Gasteiger partial charge on any atom is -0.478 e. The normalized spacial score (nSPS) is 18.7. The Labute approximate surface area is 117 Å². The molecule has 2 aromatic rings. The van der Waals surface area contributed by atoms with Gasteiger partial charge in [-0.05, 0) is 18.2 Å². The van der Waals surface area contributed by atoms with Crippen molar-refractivity contribution in [2.75, 3.05) is 7.05 Å². The predicted molar refractivity (Wildman–Crippen MR) is 70.9 cm³/mol. The van der Waals surface area contributed by atoms with Crippen molar-refractivity contribution in [3.8, 4) is 0 Å². The number of hydrogen-bond donors (Lipinski definition) is 2. The molecular formula is C13H11N3O5. The quantitative estimate of drug-likeness (QED) is 0.753. The lowest BCUT2D eigenvalue weighted by molar-refractivity contribution is -0.137. The zero-order valence-corrected chi connectivity index (χ0v) is 11.0. The molecule has 21 heavy (non-hydrogen) atoms. The molecule has 1 aromatic heterocycles. The van der Waals surface area contributed by atoms with Gasteiger partial charge in [-0.25, -0.2) is 9.59 Å². The highest BCUT2D eigenvalue weighted by Crippen LogP contribution is 2.25. The van der Waals surface area contributed by atoms with E-state index >= 15 is 0 Å². The van der Waals surface area contributed by atoms with Gasteiger partial charge in [-0.3, -0.25) is 19.1 Å². The van der Waals surface area contributed by atoms with Crippen LogP contribution in [0.1, 0.15) is 22.8 Å². The average Bonchev–Trinajstić information content (AvgIpc) is 2.88. The largest absolute Gasteiger partial charge is 0.478 e. The molecule has 108 valence electrons. The molecule has 8 heteroatoms. The van der Waals surface area contributed by atoms with Gasteiger partial charge in [0.1, 0.15) is 6.04 Å². The second-order valence-electron chi connectivity index (χ2n) is 4.85. The van der Waals surface area contributed by atoms with Crippen molar-refractivity contribution in [3.63, 3.8) is 0 Å². The average molecular weight is 289 g/mol. The van der Waals surface area contributed by atoms with Gasteiger partial charge >= 0.3 is 11.7 Å². The van der Waals surface area contributed by atoms with Gasteiger partial charge in [0.05, 0.1) is 23.0 Å². The highest BCUT2D eigenvalue weighted by molar-refractivity contribution is 6.05. The Morgan fingerprint density at radius 1 is 1.33 bits per heavy atom. The number of likely N-dealkylation sites (N-methyl/N-ethyl adjacent to an activating group) is 1. The number of carbonyl (C=O) groups is 3.